The Morgan fingerprint density at radius 1 is 1.28 bits per heavy atom. The Balaban J connectivity index is 2.25. The Labute approximate surface area is 106 Å². The predicted octanol–water partition coefficient (Wildman–Crippen LogP) is 4.40. The first-order valence-electron chi connectivity index (χ1n) is 6.06. The molecule has 2 aromatic rings. The zero-order chi connectivity index (χ0) is 13.0. The van der Waals surface area contributed by atoms with Crippen LogP contribution >= 0.6 is 0 Å². The molecular weight excluding hydrogens is 228 g/mol. The molecule has 94 valence electrons. The minimum absolute atomic E-state index is 0.269. The normalized spacial score (nSPS) is 12.1. The van der Waals surface area contributed by atoms with Crippen molar-refractivity contribution in [2.75, 3.05) is 0 Å². The van der Waals surface area contributed by atoms with Crippen molar-refractivity contribution < 1.29 is 13.9 Å². The van der Waals surface area contributed by atoms with Gasteiger partial charge in [-0.3, -0.25) is 4.79 Å². The van der Waals surface area contributed by atoms with Crippen molar-refractivity contribution in [3.63, 3.8) is 0 Å². The lowest BCUT2D eigenvalue weighted by atomic mass is 9.98. The number of furan rings is 1. The smallest absolute Gasteiger partial charge is 0.290 e. The van der Waals surface area contributed by atoms with Crippen molar-refractivity contribution in [3.8, 4) is 11.7 Å². The summed E-state index contributed by atoms with van der Waals surface area (Å²) < 4.78 is 10.9. The van der Waals surface area contributed by atoms with Crippen LogP contribution in [0.3, 0.4) is 0 Å². The number of aldehydes is 1. The largest absolute Gasteiger partial charge is 0.426 e. The van der Waals surface area contributed by atoms with Gasteiger partial charge < -0.3 is 9.15 Å². The zero-order valence-corrected chi connectivity index (χ0v) is 10.6. The molecule has 1 atom stereocenters. The van der Waals surface area contributed by atoms with Crippen LogP contribution in [0.5, 0.6) is 11.7 Å². The average molecular weight is 244 g/mol. The lowest BCUT2D eigenvalue weighted by molar-refractivity contribution is 0.109. The summed E-state index contributed by atoms with van der Waals surface area (Å²) in [6, 6.07) is 11.1. The molecule has 2 rings (SSSR count). The number of hydrogen-bond acceptors (Lipinski definition) is 3. The molecule has 0 amide bonds. The van der Waals surface area contributed by atoms with Crippen molar-refractivity contribution in [1.29, 1.82) is 0 Å². The molecule has 3 heteroatoms. The number of rotatable bonds is 5. The second kappa shape index (κ2) is 5.54. The lowest BCUT2D eigenvalue weighted by Gasteiger charge is -2.13. The molecule has 0 N–H and O–H groups in total. The predicted molar refractivity (Wildman–Crippen MR) is 69.3 cm³/mol. The average Bonchev–Trinajstić information content (AvgIpc) is 2.86. The first-order chi connectivity index (χ1) is 8.74. The molecule has 0 bridgehead atoms. The summed E-state index contributed by atoms with van der Waals surface area (Å²) in [7, 11) is 0. The Bertz CT molecular complexity index is 528. The van der Waals surface area contributed by atoms with E-state index in [4.69, 9.17) is 9.15 Å². The van der Waals surface area contributed by atoms with Crippen molar-refractivity contribution in [2.24, 2.45) is 0 Å². The molecule has 0 radical (unpaired) electrons. The third-order valence-electron chi connectivity index (χ3n) is 2.99. The van der Waals surface area contributed by atoms with Crippen LogP contribution in [0.2, 0.25) is 0 Å². The van der Waals surface area contributed by atoms with Gasteiger partial charge in [-0.1, -0.05) is 32.0 Å². The molecule has 0 saturated heterocycles. The fraction of sp³-hybridized carbons (Fsp3) is 0.267. The summed E-state index contributed by atoms with van der Waals surface area (Å²) in [6.45, 7) is 4.29. The second-order valence-electron chi connectivity index (χ2n) is 4.22. The first-order valence-corrected chi connectivity index (χ1v) is 6.06. The van der Waals surface area contributed by atoms with Gasteiger partial charge in [0.2, 0.25) is 0 Å². The number of carbonyl (C=O) groups is 1. The molecular formula is C15H16O3. The van der Waals surface area contributed by atoms with Crippen LogP contribution in [0.4, 0.5) is 0 Å². The highest BCUT2D eigenvalue weighted by Crippen LogP contribution is 2.32. The van der Waals surface area contributed by atoms with Crippen molar-refractivity contribution in [1.82, 2.24) is 0 Å². The maximum atomic E-state index is 10.5. The van der Waals surface area contributed by atoms with Crippen LogP contribution in [0, 0.1) is 0 Å². The summed E-state index contributed by atoms with van der Waals surface area (Å²) in [5, 5.41) is 0. The molecule has 0 saturated carbocycles. The highest BCUT2D eigenvalue weighted by molar-refractivity contribution is 5.70. The standard InChI is InChI=1S/C15H16O3/c1-3-11(2)13-6-4-5-7-14(13)18-15-9-8-12(10-16)17-15/h4-11H,3H2,1-2H3. The molecule has 3 nitrogen and oxygen atoms in total. The van der Waals surface area contributed by atoms with Crippen LogP contribution in [0.25, 0.3) is 0 Å². The van der Waals surface area contributed by atoms with E-state index in [1.54, 1.807) is 12.1 Å². The van der Waals surface area contributed by atoms with E-state index in [-0.39, 0.29) is 5.76 Å². The topological polar surface area (TPSA) is 39.4 Å². The van der Waals surface area contributed by atoms with E-state index in [1.165, 1.54) is 0 Å². The van der Waals surface area contributed by atoms with Crippen molar-refractivity contribution in [3.05, 3.63) is 47.7 Å². The molecule has 1 aromatic carbocycles. The molecule has 0 spiro atoms. The minimum Gasteiger partial charge on any atom is -0.426 e. The van der Waals surface area contributed by atoms with E-state index in [2.05, 4.69) is 13.8 Å². The minimum atomic E-state index is 0.269. The van der Waals surface area contributed by atoms with Gasteiger partial charge in [-0.15, -0.1) is 0 Å². The summed E-state index contributed by atoms with van der Waals surface area (Å²) in [6.07, 6.45) is 1.70. The molecule has 1 unspecified atom stereocenters. The number of carbonyl (C=O) groups excluding carboxylic acids is 1. The maximum absolute atomic E-state index is 10.5. The highest BCUT2D eigenvalue weighted by atomic mass is 16.6. The van der Waals surface area contributed by atoms with Crippen molar-refractivity contribution in [2.45, 2.75) is 26.2 Å². The van der Waals surface area contributed by atoms with Gasteiger partial charge in [0, 0.05) is 6.07 Å². The molecule has 1 aromatic heterocycles. The fourth-order valence-corrected chi connectivity index (χ4v) is 1.76. The fourth-order valence-electron chi connectivity index (χ4n) is 1.76. The Hall–Kier alpha value is -2.03. The van der Waals surface area contributed by atoms with Gasteiger partial charge in [0.25, 0.3) is 5.95 Å². The molecule has 0 fully saturated rings. The van der Waals surface area contributed by atoms with E-state index in [9.17, 15) is 4.79 Å². The number of para-hydroxylation sites is 1. The van der Waals surface area contributed by atoms with Gasteiger partial charge in [-0.05, 0) is 30.0 Å². The summed E-state index contributed by atoms with van der Waals surface area (Å²) >= 11 is 0. The Morgan fingerprint density at radius 2 is 2.06 bits per heavy atom. The van der Waals surface area contributed by atoms with Crippen molar-refractivity contribution >= 4 is 6.29 Å². The Morgan fingerprint density at radius 3 is 2.72 bits per heavy atom. The zero-order valence-electron chi connectivity index (χ0n) is 10.6. The molecule has 0 aliphatic rings. The van der Waals surface area contributed by atoms with Gasteiger partial charge in [0.1, 0.15) is 5.75 Å². The van der Waals surface area contributed by atoms with E-state index in [0.717, 1.165) is 17.7 Å². The number of hydrogen-bond donors (Lipinski definition) is 0. The van der Waals surface area contributed by atoms with E-state index in [0.29, 0.717) is 18.2 Å². The quantitative estimate of drug-likeness (QED) is 0.732. The summed E-state index contributed by atoms with van der Waals surface area (Å²) in [5.74, 6) is 1.80. The van der Waals surface area contributed by atoms with Gasteiger partial charge in [0.15, 0.2) is 12.0 Å². The van der Waals surface area contributed by atoms with Gasteiger partial charge in [0.05, 0.1) is 0 Å². The third kappa shape index (κ3) is 2.62. The second-order valence-corrected chi connectivity index (χ2v) is 4.22. The molecule has 0 aliphatic heterocycles. The van der Waals surface area contributed by atoms with Gasteiger partial charge in [-0.25, -0.2) is 0 Å². The summed E-state index contributed by atoms with van der Waals surface area (Å²) in [5.41, 5.74) is 1.14. The number of benzene rings is 1. The lowest BCUT2D eigenvalue weighted by Crippen LogP contribution is -1.95. The van der Waals surface area contributed by atoms with Crippen LogP contribution in [-0.2, 0) is 0 Å². The van der Waals surface area contributed by atoms with E-state index < -0.39 is 0 Å². The summed E-state index contributed by atoms with van der Waals surface area (Å²) in [4.78, 5) is 10.5. The molecule has 18 heavy (non-hydrogen) atoms. The van der Waals surface area contributed by atoms with Crippen LogP contribution < -0.4 is 4.74 Å². The highest BCUT2D eigenvalue weighted by Gasteiger charge is 2.11. The van der Waals surface area contributed by atoms with Crippen LogP contribution in [-0.4, -0.2) is 6.29 Å². The Kier molecular flexibility index (Phi) is 3.82. The van der Waals surface area contributed by atoms with E-state index in [1.807, 2.05) is 24.3 Å². The SMILES string of the molecule is CCC(C)c1ccccc1Oc1ccc(C=O)o1. The maximum Gasteiger partial charge on any atom is 0.290 e. The third-order valence-corrected chi connectivity index (χ3v) is 2.99. The monoisotopic (exact) mass is 244 g/mol. The van der Waals surface area contributed by atoms with Crippen LogP contribution in [0.1, 0.15) is 42.3 Å². The first kappa shape index (κ1) is 12.4. The van der Waals surface area contributed by atoms with Gasteiger partial charge >= 0.3 is 0 Å². The van der Waals surface area contributed by atoms with E-state index >= 15 is 0 Å². The molecule has 1 heterocycles. The number of ether oxygens (including phenoxy) is 1. The van der Waals surface area contributed by atoms with Crippen LogP contribution in [0.15, 0.2) is 40.8 Å². The van der Waals surface area contributed by atoms with Gasteiger partial charge in [-0.2, -0.15) is 0 Å². The molecule has 0 aliphatic carbocycles.